The lowest BCUT2D eigenvalue weighted by Crippen LogP contribution is -2.46. The highest BCUT2D eigenvalue weighted by molar-refractivity contribution is 7.90. The van der Waals surface area contributed by atoms with Gasteiger partial charge in [0.1, 0.15) is 6.04 Å². The summed E-state index contributed by atoms with van der Waals surface area (Å²) < 4.78 is 62.4. The van der Waals surface area contributed by atoms with E-state index in [0.29, 0.717) is 0 Å². The fourth-order valence-electron chi connectivity index (χ4n) is 0.723. The quantitative estimate of drug-likeness (QED) is 0.700. The molecule has 1 atom stereocenters. The van der Waals surface area contributed by atoms with E-state index in [4.69, 9.17) is 5.11 Å². The van der Waals surface area contributed by atoms with Gasteiger partial charge in [-0.05, 0) is 6.42 Å². The number of nitrogens with one attached hydrogen (secondary N) is 1. The van der Waals surface area contributed by atoms with Crippen molar-refractivity contribution in [1.82, 2.24) is 4.72 Å². The van der Waals surface area contributed by atoms with Crippen LogP contribution in [0.5, 0.6) is 0 Å². The maximum atomic E-state index is 11.9. The minimum Gasteiger partial charge on any atom is -0.480 e. The van der Waals surface area contributed by atoms with E-state index in [-0.39, 0.29) is 6.61 Å². The van der Waals surface area contributed by atoms with E-state index in [2.05, 4.69) is 4.74 Å². The predicted molar refractivity (Wildman–Crippen MR) is 46.0 cm³/mol. The monoisotopic (exact) mass is 265 g/mol. The zero-order chi connectivity index (χ0) is 13.0. The second kappa shape index (κ2) is 5.46. The van der Waals surface area contributed by atoms with Gasteiger partial charge >= 0.3 is 21.5 Å². The van der Waals surface area contributed by atoms with Crippen LogP contribution in [0.4, 0.5) is 13.2 Å². The van der Waals surface area contributed by atoms with Gasteiger partial charge in [0.25, 0.3) is 0 Å². The minimum absolute atomic E-state index is 0.183. The summed E-state index contributed by atoms with van der Waals surface area (Å²) in [6.45, 7) is -0.183. The minimum atomic E-state index is -5.66. The lowest BCUT2D eigenvalue weighted by molar-refractivity contribution is -0.139. The van der Waals surface area contributed by atoms with E-state index in [1.807, 2.05) is 0 Å². The van der Waals surface area contributed by atoms with E-state index in [1.54, 1.807) is 0 Å². The van der Waals surface area contributed by atoms with Gasteiger partial charge < -0.3 is 9.84 Å². The fourth-order valence-corrected chi connectivity index (χ4v) is 1.45. The maximum Gasteiger partial charge on any atom is 0.511 e. The zero-order valence-corrected chi connectivity index (χ0v) is 8.93. The van der Waals surface area contributed by atoms with Gasteiger partial charge in [0.2, 0.25) is 0 Å². The Kier molecular flexibility index (Phi) is 5.16. The van der Waals surface area contributed by atoms with Gasteiger partial charge in [-0.1, -0.05) is 0 Å². The first-order valence-electron chi connectivity index (χ1n) is 3.92. The average Bonchev–Trinajstić information content (AvgIpc) is 2.09. The Morgan fingerprint density at radius 2 is 2.00 bits per heavy atom. The maximum absolute atomic E-state index is 11.9. The highest BCUT2D eigenvalue weighted by atomic mass is 32.2. The molecule has 0 amide bonds. The molecule has 0 aliphatic carbocycles. The van der Waals surface area contributed by atoms with Crippen molar-refractivity contribution in [3.05, 3.63) is 0 Å². The summed E-state index contributed by atoms with van der Waals surface area (Å²) in [6.07, 6.45) is -0.402. The molecule has 0 aliphatic rings. The number of hydrogen-bond donors (Lipinski definition) is 2. The lowest BCUT2D eigenvalue weighted by atomic mass is 10.2. The van der Waals surface area contributed by atoms with Gasteiger partial charge in [-0.2, -0.15) is 17.9 Å². The van der Waals surface area contributed by atoms with Gasteiger partial charge in [0.05, 0.1) is 0 Å². The molecule has 0 radical (unpaired) electrons. The molecule has 0 aromatic carbocycles. The van der Waals surface area contributed by atoms with E-state index in [1.165, 1.54) is 7.11 Å². The number of sulfonamides is 1. The normalized spacial score (nSPS) is 14.8. The molecule has 0 spiro atoms. The van der Waals surface area contributed by atoms with Gasteiger partial charge in [-0.15, -0.1) is 0 Å². The van der Waals surface area contributed by atoms with Crippen LogP contribution in [0.25, 0.3) is 0 Å². The molecule has 0 fully saturated rings. The highest BCUT2D eigenvalue weighted by Crippen LogP contribution is 2.22. The summed E-state index contributed by atoms with van der Waals surface area (Å²) in [7, 11) is -4.45. The van der Waals surface area contributed by atoms with Crippen molar-refractivity contribution >= 4 is 16.0 Å². The summed E-state index contributed by atoms with van der Waals surface area (Å²) in [4.78, 5) is 10.5. The van der Waals surface area contributed by atoms with Gasteiger partial charge in [-0.3, -0.25) is 4.79 Å². The Labute approximate surface area is 89.4 Å². The number of halogens is 3. The van der Waals surface area contributed by atoms with Crippen LogP contribution in [-0.2, 0) is 19.6 Å². The first-order chi connectivity index (χ1) is 7.12. The number of methoxy groups -OCH3 is 1. The molecule has 0 bridgehead atoms. The SMILES string of the molecule is COCCC(NS(=O)(=O)C(F)(F)F)C(=O)O. The first-order valence-corrected chi connectivity index (χ1v) is 5.40. The number of ether oxygens (including phenoxy) is 1. The summed E-state index contributed by atoms with van der Waals surface area (Å²) in [6, 6.07) is -1.87. The van der Waals surface area contributed by atoms with Crippen molar-refractivity contribution in [3.63, 3.8) is 0 Å². The van der Waals surface area contributed by atoms with Crippen LogP contribution in [0.1, 0.15) is 6.42 Å². The number of alkyl halides is 3. The molecular formula is C6H10F3NO5S. The number of carbonyl (C=O) groups is 1. The number of carboxylic acids is 1. The Bertz CT molecular complexity index is 339. The molecule has 96 valence electrons. The Morgan fingerprint density at radius 3 is 2.31 bits per heavy atom. The Morgan fingerprint density at radius 1 is 1.50 bits per heavy atom. The summed E-state index contributed by atoms with van der Waals surface area (Å²) in [5.41, 5.74) is -5.53. The van der Waals surface area contributed by atoms with Crippen LogP contribution in [0.15, 0.2) is 0 Å². The Balaban J connectivity index is 4.71. The molecule has 1 unspecified atom stereocenters. The third-order valence-corrected chi connectivity index (χ3v) is 2.72. The average molecular weight is 265 g/mol. The largest absolute Gasteiger partial charge is 0.511 e. The van der Waals surface area contributed by atoms with Crippen molar-refractivity contribution in [2.45, 2.75) is 18.0 Å². The van der Waals surface area contributed by atoms with E-state index in [0.717, 1.165) is 4.72 Å². The highest BCUT2D eigenvalue weighted by Gasteiger charge is 2.47. The Hall–Kier alpha value is -0.870. The zero-order valence-electron chi connectivity index (χ0n) is 8.11. The number of rotatable bonds is 6. The van der Waals surface area contributed by atoms with Crippen molar-refractivity contribution in [2.75, 3.05) is 13.7 Å². The van der Waals surface area contributed by atoms with Crippen LogP contribution in [0, 0.1) is 0 Å². The molecular weight excluding hydrogens is 255 g/mol. The molecule has 0 heterocycles. The van der Waals surface area contributed by atoms with E-state index < -0.39 is 34.0 Å². The van der Waals surface area contributed by atoms with Gasteiger partial charge in [0, 0.05) is 13.7 Å². The first kappa shape index (κ1) is 15.1. The second-order valence-electron chi connectivity index (χ2n) is 2.74. The summed E-state index contributed by atoms with van der Waals surface area (Å²) >= 11 is 0. The summed E-state index contributed by atoms with van der Waals surface area (Å²) in [5.74, 6) is -1.70. The van der Waals surface area contributed by atoms with Crippen molar-refractivity contribution < 1.29 is 36.2 Å². The molecule has 2 N–H and O–H groups in total. The van der Waals surface area contributed by atoms with Crippen molar-refractivity contribution in [2.24, 2.45) is 0 Å². The van der Waals surface area contributed by atoms with Crippen LogP contribution in [0.2, 0.25) is 0 Å². The molecule has 0 aromatic rings. The molecule has 10 heteroatoms. The van der Waals surface area contributed by atoms with Gasteiger partial charge in [0.15, 0.2) is 0 Å². The number of carboxylic acid groups (broad SMARTS) is 1. The smallest absolute Gasteiger partial charge is 0.480 e. The molecule has 0 saturated carbocycles. The molecule has 0 aliphatic heterocycles. The summed E-state index contributed by atoms with van der Waals surface area (Å²) in [5, 5.41) is 8.48. The van der Waals surface area contributed by atoms with E-state index in [9.17, 15) is 26.4 Å². The van der Waals surface area contributed by atoms with Crippen LogP contribution < -0.4 is 4.72 Å². The molecule has 6 nitrogen and oxygen atoms in total. The third-order valence-electron chi connectivity index (χ3n) is 1.51. The number of hydrogen-bond acceptors (Lipinski definition) is 4. The predicted octanol–water partition coefficient (Wildman–Crippen LogP) is -0.0847. The standard InChI is InChI=1S/C6H10F3NO5S/c1-15-3-2-4(5(11)12)10-16(13,14)6(7,8)9/h4,10H,2-3H2,1H3,(H,11,12). The van der Waals surface area contributed by atoms with Crippen molar-refractivity contribution in [3.8, 4) is 0 Å². The van der Waals surface area contributed by atoms with Crippen LogP contribution in [0.3, 0.4) is 0 Å². The molecule has 0 rings (SSSR count). The second-order valence-corrected chi connectivity index (χ2v) is 4.44. The lowest BCUT2D eigenvalue weighted by Gasteiger charge is -2.15. The topological polar surface area (TPSA) is 92.7 Å². The van der Waals surface area contributed by atoms with E-state index >= 15 is 0 Å². The number of aliphatic carboxylic acids is 1. The van der Waals surface area contributed by atoms with Crippen molar-refractivity contribution in [1.29, 1.82) is 0 Å². The molecule has 16 heavy (non-hydrogen) atoms. The van der Waals surface area contributed by atoms with Gasteiger partial charge in [-0.25, -0.2) is 8.42 Å². The van der Waals surface area contributed by atoms with Crippen LogP contribution >= 0.6 is 0 Å². The third kappa shape index (κ3) is 4.33. The van der Waals surface area contributed by atoms with Crippen LogP contribution in [-0.4, -0.2) is 44.8 Å². The molecule has 0 saturated heterocycles. The fraction of sp³-hybridized carbons (Fsp3) is 0.833. The molecule has 0 aromatic heterocycles.